The monoisotopic (exact) mass is 559 g/mol. The van der Waals surface area contributed by atoms with E-state index in [4.69, 9.17) is 4.74 Å². The zero-order valence-corrected chi connectivity index (χ0v) is 20.8. The Morgan fingerprint density at radius 3 is 2.31 bits per heavy atom. The molecule has 0 radical (unpaired) electrons. The van der Waals surface area contributed by atoms with Crippen molar-refractivity contribution in [3.8, 4) is 5.88 Å². The number of alkyl halides is 6. The Labute approximate surface area is 216 Å². The molecule has 0 bridgehead atoms. The Bertz CT molecular complexity index is 1430. The SMILES string of the molecule is Cc1nc2nc(C(F)(F)F)c(C(Oc3ccc(C(=O)N4CC(C)C(O)C(C)C4)cn3)C(F)(F)F)cc2c(=O)[nH]1. The summed E-state index contributed by atoms with van der Waals surface area (Å²) in [4.78, 5) is 39.4. The molecule has 39 heavy (non-hydrogen) atoms. The van der Waals surface area contributed by atoms with Crippen LogP contribution in [0.15, 0.2) is 29.2 Å². The summed E-state index contributed by atoms with van der Waals surface area (Å²) in [5.74, 6) is -1.68. The van der Waals surface area contributed by atoms with Gasteiger partial charge in [0.2, 0.25) is 12.0 Å². The van der Waals surface area contributed by atoms with Crippen molar-refractivity contribution in [3.05, 3.63) is 57.4 Å². The average Bonchev–Trinajstić information content (AvgIpc) is 2.83. The van der Waals surface area contributed by atoms with Crippen LogP contribution in [-0.2, 0) is 6.18 Å². The van der Waals surface area contributed by atoms with Crippen molar-refractivity contribution in [2.75, 3.05) is 13.1 Å². The molecular weight excluding hydrogens is 536 g/mol. The summed E-state index contributed by atoms with van der Waals surface area (Å²) < 4.78 is 88.4. The molecule has 15 heteroatoms. The third-order valence-electron chi connectivity index (χ3n) is 6.38. The van der Waals surface area contributed by atoms with E-state index in [0.717, 1.165) is 18.3 Å². The maximum Gasteiger partial charge on any atom is 0.433 e. The van der Waals surface area contributed by atoms with Gasteiger partial charge in [-0.1, -0.05) is 13.8 Å². The number of nitrogens with zero attached hydrogens (tertiary/aromatic N) is 4. The third-order valence-corrected chi connectivity index (χ3v) is 6.38. The van der Waals surface area contributed by atoms with E-state index in [0.29, 0.717) is 6.07 Å². The summed E-state index contributed by atoms with van der Waals surface area (Å²) in [6.07, 6.45) is -13.6. The molecule has 4 heterocycles. The number of halogens is 6. The van der Waals surface area contributed by atoms with Gasteiger partial charge in [0, 0.05) is 30.9 Å². The van der Waals surface area contributed by atoms with Gasteiger partial charge in [0.1, 0.15) is 5.82 Å². The molecule has 0 aromatic carbocycles. The second-order valence-electron chi connectivity index (χ2n) is 9.53. The normalized spacial score (nSPS) is 21.2. The first-order valence-electron chi connectivity index (χ1n) is 11.7. The highest BCUT2D eigenvalue weighted by molar-refractivity contribution is 5.94. The topological polar surface area (TPSA) is 121 Å². The first-order valence-corrected chi connectivity index (χ1v) is 11.7. The number of aliphatic hydroxyl groups excluding tert-OH is 1. The Kier molecular flexibility index (Phi) is 7.31. The number of ether oxygens (including phenoxy) is 1. The fourth-order valence-corrected chi connectivity index (χ4v) is 4.52. The fourth-order valence-electron chi connectivity index (χ4n) is 4.52. The van der Waals surface area contributed by atoms with Crippen LogP contribution in [0.1, 0.15) is 47.4 Å². The van der Waals surface area contributed by atoms with Crippen molar-refractivity contribution < 1.29 is 41.0 Å². The molecule has 3 atom stereocenters. The maximum absolute atomic E-state index is 14.0. The van der Waals surface area contributed by atoms with Gasteiger partial charge in [-0.05, 0) is 30.9 Å². The number of piperidine rings is 1. The van der Waals surface area contributed by atoms with Crippen LogP contribution >= 0.6 is 0 Å². The van der Waals surface area contributed by atoms with Gasteiger partial charge in [0.05, 0.1) is 17.1 Å². The number of fused-ring (bicyclic) bond motifs is 1. The summed E-state index contributed by atoms with van der Waals surface area (Å²) in [7, 11) is 0. The Morgan fingerprint density at radius 1 is 1.13 bits per heavy atom. The lowest BCUT2D eigenvalue weighted by Gasteiger charge is -2.38. The van der Waals surface area contributed by atoms with Crippen LogP contribution in [0, 0.1) is 18.8 Å². The zero-order chi connectivity index (χ0) is 28.9. The molecule has 4 rings (SSSR count). The maximum atomic E-state index is 14.0. The number of carbonyl (C=O) groups is 1. The lowest BCUT2D eigenvalue weighted by atomic mass is 9.88. The molecule has 2 N–H and O–H groups in total. The van der Waals surface area contributed by atoms with E-state index in [1.165, 1.54) is 11.8 Å². The van der Waals surface area contributed by atoms with Crippen molar-refractivity contribution in [1.82, 2.24) is 24.8 Å². The minimum Gasteiger partial charge on any atom is -0.460 e. The molecule has 1 aliphatic rings. The van der Waals surface area contributed by atoms with Crippen LogP contribution in [0.4, 0.5) is 26.3 Å². The number of H-pyrrole nitrogens is 1. The van der Waals surface area contributed by atoms with E-state index >= 15 is 0 Å². The molecule has 3 aromatic heterocycles. The molecule has 0 spiro atoms. The van der Waals surface area contributed by atoms with Crippen molar-refractivity contribution >= 4 is 16.9 Å². The van der Waals surface area contributed by atoms with Crippen LogP contribution in [0.5, 0.6) is 5.88 Å². The van der Waals surface area contributed by atoms with Crippen LogP contribution in [0.3, 0.4) is 0 Å². The van der Waals surface area contributed by atoms with Gasteiger partial charge in [-0.2, -0.15) is 26.3 Å². The van der Waals surface area contributed by atoms with Gasteiger partial charge >= 0.3 is 12.4 Å². The van der Waals surface area contributed by atoms with Crippen molar-refractivity contribution in [1.29, 1.82) is 0 Å². The minimum absolute atomic E-state index is 0.0121. The summed E-state index contributed by atoms with van der Waals surface area (Å²) in [5.41, 5.74) is -5.01. The molecule has 0 saturated carbocycles. The van der Waals surface area contributed by atoms with E-state index in [-0.39, 0.29) is 36.3 Å². The second-order valence-corrected chi connectivity index (χ2v) is 9.53. The van der Waals surface area contributed by atoms with Crippen LogP contribution in [0.2, 0.25) is 0 Å². The molecule has 1 amide bonds. The average molecular weight is 559 g/mol. The molecule has 1 saturated heterocycles. The van der Waals surface area contributed by atoms with Crippen molar-refractivity contribution in [2.24, 2.45) is 11.8 Å². The predicted octanol–water partition coefficient (Wildman–Crippen LogP) is 3.81. The van der Waals surface area contributed by atoms with Crippen LogP contribution in [0.25, 0.3) is 11.0 Å². The highest BCUT2D eigenvalue weighted by Gasteiger charge is 2.49. The third kappa shape index (κ3) is 5.82. The van der Waals surface area contributed by atoms with Gasteiger partial charge in [0.15, 0.2) is 11.3 Å². The van der Waals surface area contributed by atoms with Gasteiger partial charge in [-0.25, -0.2) is 15.0 Å². The predicted molar refractivity (Wildman–Crippen MR) is 124 cm³/mol. The number of rotatable bonds is 4. The standard InChI is InChI=1S/C24H23F6N5O4/c1-10-8-35(9-11(2)17(10)36)22(38)13-4-5-16(31-7-13)39-19(24(28,29)30)14-6-15-20(32-12(3)33-21(15)37)34-18(14)23(25,26)27/h4-7,10-11,17,19,36H,8-9H2,1-3H3,(H,32,33,34,37). The van der Waals surface area contributed by atoms with Gasteiger partial charge in [-0.15, -0.1) is 0 Å². The number of nitrogens with one attached hydrogen (secondary N) is 1. The zero-order valence-electron chi connectivity index (χ0n) is 20.8. The highest BCUT2D eigenvalue weighted by atomic mass is 19.4. The number of carbonyl (C=O) groups excluding carboxylic acids is 1. The van der Waals surface area contributed by atoms with E-state index in [9.17, 15) is 41.0 Å². The summed E-state index contributed by atoms with van der Waals surface area (Å²) in [5, 5.41) is 9.50. The highest BCUT2D eigenvalue weighted by Crippen LogP contribution is 2.42. The van der Waals surface area contributed by atoms with Crippen LogP contribution in [-0.4, -0.2) is 61.2 Å². The Balaban J connectivity index is 1.68. The molecule has 3 aromatic rings. The first-order chi connectivity index (χ1) is 18.1. The van der Waals surface area contributed by atoms with Gasteiger partial charge in [-0.3, -0.25) is 9.59 Å². The van der Waals surface area contributed by atoms with E-state index in [1.807, 2.05) is 0 Å². The number of hydrogen-bond donors (Lipinski definition) is 2. The second kappa shape index (κ2) is 10.1. The molecule has 0 aliphatic carbocycles. The van der Waals surface area contributed by atoms with Gasteiger partial charge in [0.25, 0.3) is 11.5 Å². The first kappa shape index (κ1) is 28.3. The lowest BCUT2D eigenvalue weighted by molar-refractivity contribution is -0.201. The molecule has 3 unspecified atom stereocenters. The fraction of sp³-hybridized carbons (Fsp3) is 0.458. The Hall–Kier alpha value is -3.75. The Morgan fingerprint density at radius 2 is 1.77 bits per heavy atom. The number of amides is 1. The summed E-state index contributed by atoms with van der Waals surface area (Å²) in [6, 6.07) is 2.47. The molecule has 9 nitrogen and oxygen atoms in total. The minimum atomic E-state index is -5.38. The van der Waals surface area contributed by atoms with E-state index < -0.39 is 64.2 Å². The summed E-state index contributed by atoms with van der Waals surface area (Å²) in [6.45, 7) is 5.33. The molecule has 1 aliphatic heterocycles. The number of aryl methyl sites for hydroxylation is 1. The quantitative estimate of drug-likeness (QED) is 0.467. The molecule has 210 valence electrons. The summed E-state index contributed by atoms with van der Waals surface area (Å²) >= 11 is 0. The number of likely N-dealkylation sites (tertiary alicyclic amines) is 1. The van der Waals surface area contributed by atoms with Crippen molar-refractivity contribution in [2.45, 2.75) is 45.3 Å². The number of hydrogen-bond acceptors (Lipinski definition) is 7. The number of aliphatic hydroxyl groups is 1. The number of aromatic nitrogens is 4. The largest absolute Gasteiger partial charge is 0.460 e. The molecule has 1 fully saturated rings. The smallest absolute Gasteiger partial charge is 0.433 e. The van der Waals surface area contributed by atoms with Crippen molar-refractivity contribution in [3.63, 3.8) is 0 Å². The van der Waals surface area contributed by atoms with Crippen LogP contribution < -0.4 is 10.3 Å². The number of aromatic amines is 1. The molecular formula is C24H23F6N5O4. The van der Waals surface area contributed by atoms with E-state index in [1.54, 1.807) is 13.8 Å². The van der Waals surface area contributed by atoms with Gasteiger partial charge < -0.3 is 19.7 Å². The number of pyridine rings is 2. The lowest BCUT2D eigenvalue weighted by Crippen LogP contribution is -2.49. The van der Waals surface area contributed by atoms with E-state index in [2.05, 4.69) is 19.9 Å².